The van der Waals surface area contributed by atoms with Gasteiger partial charge in [0.2, 0.25) is 0 Å². The molecule has 4 heterocycles. The third kappa shape index (κ3) is 3.49. The fourth-order valence-electron chi connectivity index (χ4n) is 3.47. The number of aromatic nitrogens is 4. The first-order valence-electron chi connectivity index (χ1n) is 7.96. The molecule has 0 unspecified atom stereocenters. The second-order valence-corrected chi connectivity index (χ2v) is 6.91. The molecule has 4 rings (SSSR count). The average Bonchev–Trinajstić information content (AvgIpc) is 3.22. The number of likely N-dealkylation sites (tertiary alicyclic amines) is 1. The van der Waals surface area contributed by atoms with Crippen LogP contribution in [0.5, 0.6) is 0 Å². The molecule has 2 aromatic rings. The fraction of sp³-hybridized carbons (Fsp3) is 0.600. The van der Waals surface area contributed by atoms with Gasteiger partial charge in [0.25, 0.3) is 0 Å². The molecule has 8 heteroatoms. The van der Waals surface area contributed by atoms with Crippen LogP contribution in [-0.4, -0.2) is 55.8 Å². The number of hydrogen-bond donors (Lipinski definition) is 1. The van der Waals surface area contributed by atoms with Crippen molar-refractivity contribution in [3.05, 3.63) is 29.7 Å². The van der Waals surface area contributed by atoms with Crippen LogP contribution in [0, 0.1) is 0 Å². The summed E-state index contributed by atoms with van der Waals surface area (Å²) in [6.45, 7) is 3.74. The Morgan fingerprint density at radius 1 is 1.35 bits per heavy atom. The van der Waals surface area contributed by atoms with Crippen LogP contribution in [0.3, 0.4) is 0 Å². The summed E-state index contributed by atoms with van der Waals surface area (Å²) in [7, 11) is 0. The first-order chi connectivity index (χ1) is 11.3. The minimum Gasteiger partial charge on any atom is -0.373 e. The van der Waals surface area contributed by atoms with Gasteiger partial charge >= 0.3 is 0 Å². The molecule has 0 aliphatic carbocycles. The predicted octanol–water partition coefficient (Wildman–Crippen LogP) is 1.56. The summed E-state index contributed by atoms with van der Waals surface area (Å²) >= 11 is 1.42. The number of nitrogens with zero attached hydrogens (tertiary/aromatic N) is 5. The molecule has 7 nitrogen and oxygen atoms in total. The molecule has 2 aliphatic rings. The normalized spacial score (nSPS) is 24.1. The van der Waals surface area contributed by atoms with E-state index in [1.165, 1.54) is 11.5 Å². The lowest BCUT2D eigenvalue weighted by atomic mass is 9.87. The van der Waals surface area contributed by atoms with Gasteiger partial charge in [0.15, 0.2) is 0 Å². The molecule has 0 radical (unpaired) electrons. The first-order valence-corrected chi connectivity index (χ1v) is 8.80. The van der Waals surface area contributed by atoms with Gasteiger partial charge in [-0.25, -0.2) is 4.98 Å². The van der Waals surface area contributed by atoms with Crippen LogP contribution < -0.4 is 5.32 Å². The number of piperidine rings is 1. The summed E-state index contributed by atoms with van der Waals surface area (Å²) in [4.78, 5) is 10.8. The quantitative estimate of drug-likeness (QED) is 0.910. The number of rotatable bonds is 4. The van der Waals surface area contributed by atoms with E-state index < -0.39 is 0 Å². The highest BCUT2D eigenvalue weighted by molar-refractivity contribution is 7.03. The highest BCUT2D eigenvalue weighted by Crippen LogP contribution is 2.37. The standard InChI is InChI=1S/C15H20N6OS/c1-5-21(9-13-11-23-20-19-13)6-2-15(1)7-12(10-22-15)18-14-8-16-3-4-17-14/h3-4,8,11-12H,1-2,5-7,9-10H2,(H,17,18)/t12-/m0/s1. The second kappa shape index (κ2) is 6.46. The molecule has 0 amide bonds. The second-order valence-electron chi connectivity index (χ2n) is 6.30. The molecule has 0 aromatic carbocycles. The molecule has 0 bridgehead atoms. The van der Waals surface area contributed by atoms with Crippen LogP contribution in [0.15, 0.2) is 24.0 Å². The third-order valence-corrected chi connectivity index (χ3v) is 5.24. The molecule has 1 spiro atoms. The van der Waals surface area contributed by atoms with Gasteiger partial charge in [0.05, 0.1) is 30.1 Å². The molecule has 23 heavy (non-hydrogen) atoms. The number of anilines is 1. The Hall–Kier alpha value is -1.64. The predicted molar refractivity (Wildman–Crippen MR) is 87.2 cm³/mol. The summed E-state index contributed by atoms with van der Waals surface area (Å²) in [5.74, 6) is 0.826. The van der Waals surface area contributed by atoms with Gasteiger partial charge in [-0.1, -0.05) is 4.49 Å². The largest absolute Gasteiger partial charge is 0.373 e. The molecule has 0 saturated carbocycles. The Morgan fingerprint density at radius 2 is 2.26 bits per heavy atom. The Morgan fingerprint density at radius 3 is 3.00 bits per heavy atom. The smallest absolute Gasteiger partial charge is 0.144 e. The summed E-state index contributed by atoms with van der Waals surface area (Å²) in [6.07, 6.45) is 8.34. The van der Waals surface area contributed by atoms with E-state index in [4.69, 9.17) is 4.74 Å². The Bertz CT molecular complexity index is 614. The van der Waals surface area contributed by atoms with Crippen molar-refractivity contribution in [2.75, 3.05) is 25.0 Å². The van der Waals surface area contributed by atoms with Gasteiger partial charge in [-0.15, -0.1) is 5.10 Å². The van der Waals surface area contributed by atoms with E-state index >= 15 is 0 Å². The van der Waals surface area contributed by atoms with Gasteiger partial charge in [-0.2, -0.15) is 0 Å². The Balaban J connectivity index is 1.29. The van der Waals surface area contributed by atoms with E-state index in [2.05, 4.69) is 29.8 Å². The van der Waals surface area contributed by atoms with Crippen molar-refractivity contribution in [2.24, 2.45) is 0 Å². The number of nitrogens with one attached hydrogen (secondary N) is 1. The van der Waals surface area contributed by atoms with Crippen molar-refractivity contribution in [3.63, 3.8) is 0 Å². The van der Waals surface area contributed by atoms with Crippen molar-refractivity contribution >= 4 is 17.4 Å². The zero-order valence-corrected chi connectivity index (χ0v) is 13.7. The molecule has 2 saturated heterocycles. The third-order valence-electron chi connectivity index (χ3n) is 4.68. The molecule has 1 N–H and O–H groups in total. The molecule has 1 atom stereocenters. The van der Waals surface area contributed by atoms with Crippen molar-refractivity contribution in [1.29, 1.82) is 0 Å². The molecular formula is C15H20N6OS. The van der Waals surface area contributed by atoms with Crippen LogP contribution in [0.1, 0.15) is 25.0 Å². The zero-order chi connectivity index (χ0) is 15.5. The van der Waals surface area contributed by atoms with E-state index in [1.807, 2.05) is 5.38 Å². The zero-order valence-electron chi connectivity index (χ0n) is 12.9. The summed E-state index contributed by atoms with van der Waals surface area (Å²) in [6, 6.07) is 0.320. The maximum atomic E-state index is 6.19. The van der Waals surface area contributed by atoms with Crippen molar-refractivity contribution in [1.82, 2.24) is 24.5 Å². The van der Waals surface area contributed by atoms with E-state index in [9.17, 15) is 0 Å². The van der Waals surface area contributed by atoms with E-state index in [0.29, 0.717) is 6.04 Å². The highest BCUT2D eigenvalue weighted by Gasteiger charge is 2.42. The van der Waals surface area contributed by atoms with Crippen LogP contribution in [-0.2, 0) is 11.3 Å². The monoisotopic (exact) mass is 332 g/mol. The van der Waals surface area contributed by atoms with E-state index in [0.717, 1.165) is 57.0 Å². The van der Waals surface area contributed by atoms with Crippen LogP contribution >= 0.6 is 11.5 Å². The van der Waals surface area contributed by atoms with E-state index in [1.54, 1.807) is 18.6 Å². The Labute approximate surface area is 139 Å². The molecule has 2 aromatic heterocycles. The fourth-order valence-corrected chi connectivity index (χ4v) is 3.91. The number of ether oxygens (including phenoxy) is 1. The van der Waals surface area contributed by atoms with E-state index in [-0.39, 0.29) is 5.60 Å². The molecule has 2 fully saturated rings. The maximum Gasteiger partial charge on any atom is 0.144 e. The van der Waals surface area contributed by atoms with Gasteiger partial charge in [0.1, 0.15) is 5.82 Å². The highest BCUT2D eigenvalue weighted by atomic mass is 32.1. The van der Waals surface area contributed by atoms with Crippen LogP contribution in [0.25, 0.3) is 0 Å². The van der Waals surface area contributed by atoms with Crippen LogP contribution in [0.2, 0.25) is 0 Å². The SMILES string of the molecule is c1cnc(N[C@@H]2COC3(CCN(Cc4csnn4)CC3)C2)cn1. The first kappa shape index (κ1) is 14.9. The van der Waals surface area contributed by atoms with Gasteiger partial charge < -0.3 is 10.1 Å². The lowest BCUT2D eigenvalue weighted by Gasteiger charge is -2.38. The minimum atomic E-state index is 0.0245. The van der Waals surface area contributed by atoms with Gasteiger partial charge in [0, 0.05) is 37.4 Å². The number of hydrogen-bond acceptors (Lipinski definition) is 8. The Kier molecular flexibility index (Phi) is 4.19. The van der Waals surface area contributed by atoms with Crippen molar-refractivity contribution in [3.8, 4) is 0 Å². The molecule has 122 valence electrons. The van der Waals surface area contributed by atoms with Crippen LogP contribution in [0.4, 0.5) is 5.82 Å². The van der Waals surface area contributed by atoms with Gasteiger partial charge in [-0.05, 0) is 30.8 Å². The summed E-state index contributed by atoms with van der Waals surface area (Å²) < 4.78 is 10.1. The maximum absolute atomic E-state index is 6.19. The topological polar surface area (TPSA) is 76.1 Å². The van der Waals surface area contributed by atoms with Gasteiger partial charge in [-0.3, -0.25) is 9.88 Å². The van der Waals surface area contributed by atoms with Crippen molar-refractivity contribution in [2.45, 2.75) is 37.5 Å². The average molecular weight is 332 g/mol. The summed E-state index contributed by atoms with van der Waals surface area (Å²) in [5.41, 5.74) is 1.09. The molecular weight excluding hydrogens is 312 g/mol. The lowest BCUT2D eigenvalue weighted by molar-refractivity contribution is -0.0449. The minimum absolute atomic E-state index is 0.0245. The van der Waals surface area contributed by atoms with Crippen molar-refractivity contribution < 1.29 is 4.74 Å². The lowest BCUT2D eigenvalue weighted by Crippen LogP contribution is -2.44. The summed E-state index contributed by atoms with van der Waals surface area (Å²) in [5, 5.41) is 9.59. The molecule has 2 aliphatic heterocycles.